The fraction of sp³-hybridized carbons (Fsp3) is 0.467. The van der Waals surface area contributed by atoms with Crippen LogP contribution in [0.4, 0.5) is 0 Å². The fourth-order valence-electron chi connectivity index (χ4n) is 2.38. The standard InChI is InChI=1S/C15H19NO3/c1-9-5-10(2)14-11(6-9)16-12(19-14)7-15(3,4)8-13(17)18/h5-6H,7-8H2,1-4H3,(H,17,18). The number of aliphatic carboxylic acids is 1. The van der Waals surface area contributed by atoms with E-state index in [4.69, 9.17) is 9.52 Å². The molecule has 1 heterocycles. The molecule has 4 heteroatoms. The number of nitrogens with zero attached hydrogens (tertiary/aromatic N) is 1. The van der Waals surface area contributed by atoms with Crippen LogP contribution in [0.2, 0.25) is 0 Å². The Bertz CT molecular complexity index is 626. The lowest BCUT2D eigenvalue weighted by atomic mass is 9.86. The maximum Gasteiger partial charge on any atom is 0.303 e. The van der Waals surface area contributed by atoms with Gasteiger partial charge in [-0.1, -0.05) is 19.9 Å². The number of hydrogen-bond donors (Lipinski definition) is 1. The predicted octanol–water partition coefficient (Wildman–Crippen LogP) is 3.49. The second-order valence-electron chi connectivity index (χ2n) is 5.95. The third kappa shape index (κ3) is 3.13. The Hall–Kier alpha value is -1.84. The van der Waals surface area contributed by atoms with Gasteiger partial charge in [0.2, 0.25) is 0 Å². The molecule has 0 spiro atoms. The molecule has 4 nitrogen and oxygen atoms in total. The zero-order chi connectivity index (χ0) is 14.2. The van der Waals surface area contributed by atoms with Crippen molar-refractivity contribution >= 4 is 17.1 Å². The van der Waals surface area contributed by atoms with Crippen LogP contribution in [-0.4, -0.2) is 16.1 Å². The molecule has 0 aliphatic rings. The van der Waals surface area contributed by atoms with E-state index in [2.05, 4.69) is 11.1 Å². The number of oxazole rings is 1. The average Bonchev–Trinajstić information content (AvgIpc) is 2.56. The minimum absolute atomic E-state index is 0.101. The Morgan fingerprint density at radius 3 is 2.68 bits per heavy atom. The number of carboxylic acids is 1. The Labute approximate surface area is 112 Å². The highest BCUT2D eigenvalue weighted by molar-refractivity contribution is 5.77. The summed E-state index contributed by atoms with van der Waals surface area (Å²) in [4.78, 5) is 15.3. The molecular formula is C15H19NO3. The van der Waals surface area contributed by atoms with Gasteiger partial charge in [-0.2, -0.15) is 0 Å². The van der Waals surface area contributed by atoms with Crippen molar-refractivity contribution in [3.8, 4) is 0 Å². The van der Waals surface area contributed by atoms with Crippen molar-refractivity contribution < 1.29 is 14.3 Å². The van der Waals surface area contributed by atoms with Gasteiger partial charge in [0.05, 0.1) is 6.42 Å². The molecule has 1 aromatic heterocycles. The van der Waals surface area contributed by atoms with Crippen LogP contribution in [0.25, 0.3) is 11.1 Å². The van der Waals surface area contributed by atoms with Gasteiger partial charge in [0.25, 0.3) is 0 Å². The third-order valence-electron chi connectivity index (χ3n) is 3.12. The first-order chi connectivity index (χ1) is 8.77. The number of benzene rings is 1. The van der Waals surface area contributed by atoms with Gasteiger partial charge < -0.3 is 9.52 Å². The van der Waals surface area contributed by atoms with Gasteiger partial charge in [-0.15, -0.1) is 0 Å². The van der Waals surface area contributed by atoms with Crippen molar-refractivity contribution in [3.05, 3.63) is 29.2 Å². The first-order valence-electron chi connectivity index (χ1n) is 6.35. The monoisotopic (exact) mass is 261 g/mol. The van der Waals surface area contributed by atoms with E-state index in [1.165, 1.54) is 0 Å². The molecule has 0 fully saturated rings. The number of rotatable bonds is 4. The molecule has 0 radical (unpaired) electrons. The fourth-order valence-corrected chi connectivity index (χ4v) is 2.38. The molecule has 0 unspecified atom stereocenters. The van der Waals surface area contributed by atoms with E-state index in [0.29, 0.717) is 12.3 Å². The number of fused-ring (bicyclic) bond motifs is 1. The van der Waals surface area contributed by atoms with E-state index < -0.39 is 5.97 Å². The molecular weight excluding hydrogens is 242 g/mol. The lowest BCUT2D eigenvalue weighted by molar-refractivity contribution is -0.139. The van der Waals surface area contributed by atoms with E-state index in [1.807, 2.05) is 33.8 Å². The van der Waals surface area contributed by atoms with Crippen molar-refractivity contribution in [3.63, 3.8) is 0 Å². The van der Waals surface area contributed by atoms with Crippen molar-refractivity contribution in [1.82, 2.24) is 4.98 Å². The van der Waals surface area contributed by atoms with Crippen LogP contribution in [-0.2, 0) is 11.2 Å². The molecule has 1 N–H and O–H groups in total. The summed E-state index contributed by atoms with van der Waals surface area (Å²) in [5.74, 6) is -0.192. The molecule has 0 atom stereocenters. The van der Waals surface area contributed by atoms with Crippen LogP contribution < -0.4 is 0 Å². The molecule has 2 rings (SSSR count). The predicted molar refractivity (Wildman–Crippen MR) is 73.2 cm³/mol. The lowest BCUT2D eigenvalue weighted by Gasteiger charge is -2.19. The normalized spacial score (nSPS) is 12.0. The van der Waals surface area contributed by atoms with Gasteiger partial charge >= 0.3 is 5.97 Å². The van der Waals surface area contributed by atoms with Gasteiger partial charge in [-0.25, -0.2) is 4.98 Å². The summed E-state index contributed by atoms with van der Waals surface area (Å²) in [6.07, 6.45) is 0.621. The van der Waals surface area contributed by atoms with Crippen LogP contribution in [0, 0.1) is 19.3 Å². The molecule has 1 aromatic carbocycles. The Morgan fingerprint density at radius 1 is 1.37 bits per heavy atom. The molecule has 2 aromatic rings. The summed E-state index contributed by atoms with van der Waals surface area (Å²) >= 11 is 0. The summed E-state index contributed by atoms with van der Waals surface area (Å²) < 4.78 is 5.77. The summed E-state index contributed by atoms with van der Waals surface area (Å²) in [6, 6.07) is 4.04. The van der Waals surface area contributed by atoms with Crippen LogP contribution in [0.15, 0.2) is 16.5 Å². The van der Waals surface area contributed by atoms with E-state index in [0.717, 1.165) is 22.2 Å². The smallest absolute Gasteiger partial charge is 0.303 e. The molecule has 0 amide bonds. The molecule has 0 aliphatic heterocycles. The van der Waals surface area contributed by atoms with E-state index in [1.54, 1.807) is 0 Å². The molecule has 19 heavy (non-hydrogen) atoms. The number of aryl methyl sites for hydroxylation is 2. The van der Waals surface area contributed by atoms with Crippen LogP contribution >= 0.6 is 0 Å². The maximum absolute atomic E-state index is 10.8. The Morgan fingerprint density at radius 2 is 2.05 bits per heavy atom. The van der Waals surface area contributed by atoms with Gasteiger partial charge in [0.1, 0.15) is 5.52 Å². The highest BCUT2D eigenvalue weighted by Gasteiger charge is 2.25. The van der Waals surface area contributed by atoms with Crippen LogP contribution in [0.3, 0.4) is 0 Å². The van der Waals surface area contributed by atoms with Gasteiger partial charge in [-0.05, 0) is 36.5 Å². The average molecular weight is 261 g/mol. The molecule has 0 saturated carbocycles. The number of carbonyl (C=O) groups is 1. The van der Waals surface area contributed by atoms with E-state index in [9.17, 15) is 4.79 Å². The third-order valence-corrected chi connectivity index (χ3v) is 3.12. The lowest BCUT2D eigenvalue weighted by Crippen LogP contribution is -2.19. The van der Waals surface area contributed by atoms with Crippen molar-refractivity contribution in [2.45, 2.75) is 40.5 Å². The second-order valence-corrected chi connectivity index (χ2v) is 5.95. The highest BCUT2D eigenvalue weighted by atomic mass is 16.4. The van der Waals surface area contributed by atoms with Crippen molar-refractivity contribution in [2.75, 3.05) is 0 Å². The molecule has 0 aliphatic carbocycles. The number of aromatic nitrogens is 1. The Kier molecular flexibility index (Phi) is 3.35. The van der Waals surface area contributed by atoms with E-state index >= 15 is 0 Å². The molecule has 0 bridgehead atoms. The minimum Gasteiger partial charge on any atom is -0.481 e. The van der Waals surface area contributed by atoms with Gasteiger partial charge in [0.15, 0.2) is 11.5 Å². The van der Waals surface area contributed by atoms with Crippen LogP contribution in [0.1, 0.15) is 37.3 Å². The minimum atomic E-state index is -0.798. The maximum atomic E-state index is 10.8. The molecule has 0 saturated heterocycles. The number of carboxylic acid groups (broad SMARTS) is 1. The van der Waals surface area contributed by atoms with Gasteiger partial charge in [0, 0.05) is 6.42 Å². The van der Waals surface area contributed by atoms with Crippen molar-refractivity contribution in [2.24, 2.45) is 5.41 Å². The largest absolute Gasteiger partial charge is 0.481 e. The summed E-state index contributed by atoms with van der Waals surface area (Å²) in [5, 5.41) is 8.90. The zero-order valence-electron chi connectivity index (χ0n) is 11.8. The van der Waals surface area contributed by atoms with Crippen LogP contribution in [0.5, 0.6) is 0 Å². The quantitative estimate of drug-likeness (QED) is 0.915. The van der Waals surface area contributed by atoms with Gasteiger partial charge in [-0.3, -0.25) is 4.79 Å². The molecule has 102 valence electrons. The SMILES string of the molecule is Cc1cc(C)c2oc(CC(C)(C)CC(=O)O)nc2c1. The van der Waals surface area contributed by atoms with E-state index in [-0.39, 0.29) is 11.8 Å². The first kappa shape index (κ1) is 13.6. The second kappa shape index (κ2) is 4.68. The zero-order valence-corrected chi connectivity index (χ0v) is 11.8. The number of hydrogen-bond acceptors (Lipinski definition) is 3. The first-order valence-corrected chi connectivity index (χ1v) is 6.35. The van der Waals surface area contributed by atoms with Crippen molar-refractivity contribution in [1.29, 1.82) is 0 Å². The summed E-state index contributed by atoms with van der Waals surface area (Å²) in [6.45, 7) is 7.84. The highest BCUT2D eigenvalue weighted by Crippen LogP contribution is 2.28. The topological polar surface area (TPSA) is 63.3 Å². The Balaban J connectivity index is 2.32. The summed E-state index contributed by atoms with van der Waals surface area (Å²) in [5.41, 5.74) is 3.49. The summed E-state index contributed by atoms with van der Waals surface area (Å²) in [7, 11) is 0.